The SMILES string of the molecule is CCN=C(N)N(C)C(=O)c1cc2c(C(F)(F)F)ccc(OCc3nn[nH]n3)c2[nH]1. The van der Waals surface area contributed by atoms with Gasteiger partial charge in [0.25, 0.3) is 5.91 Å². The van der Waals surface area contributed by atoms with Gasteiger partial charge in [-0.2, -0.15) is 18.4 Å². The molecule has 0 aliphatic carbocycles. The normalized spacial score (nSPS) is 12.4. The summed E-state index contributed by atoms with van der Waals surface area (Å²) in [4.78, 5) is 20.3. The predicted octanol–water partition coefficient (Wildman–Crippen LogP) is 1.69. The number of alkyl halides is 3. The van der Waals surface area contributed by atoms with E-state index in [2.05, 4.69) is 30.6 Å². The number of hydrogen-bond acceptors (Lipinski definition) is 6. The zero-order valence-corrected chi connectivity index (χ0v) is 15.4. The molecular formula is C16H17F3N8O2. The quantitative estimate of drug-likeness (QED) is 0.432. The molecule has 10 nitrogen and oxygen atoms in total. The first kappa shape index (κ1) is 20.1. The standard InChI is InChI=1S/C16H17F3N8O2/c1-3-21-15(20)27(2)14(28)10-6-8-9(16(17,18)19)4-5-11(13(8)22-10)29-7-12-23-25-26-24-12/h4-6,22H,3,7H2,1-2H3,(H2,20,21)(H,23,24,25,26). The van der Waals surface area contributed by atoms with Crippen molar-refractivity contribution in [1.82, 2.24) is 30.5 Å². The lowest BCUT2D eigenvalue weighted by molar-refractivity contribution is -0.136. The largest absolute Gasteiger partial charge is 0.483 e. The van der Waals surface area contributed by atoms with Crippen LogP contribution in [-0.4, -0.2) is 56.0 Å². The van der Waals surface area contributed by atoms with Crippen LogP contribution in [-0.2, 0) is 12.8 Å². The van der Waals surface area contributed by atoms with E-state index < -0.39 is 17.6 Å². The van der Waals surface area contributed by atoms with Crippen molar-refractivity contribution in [2.45, 2.75) is 19.7 Å². The van der Waals surface area contributed by atoms with Crippen LogP contribution < -0.4 is 10.5 Å². The number of nitrogens with one attached hydrogen (secondary N) is 2. The maximum atomic E-state index is 13.4. The number of aromatic amines is 2. The van der Waals surface area contributed by atoms with E-state index >= 15 is 0 Å². The van der Waals surface area contributed by atoms with Gasteiger partial charge in [0, 0.05) is 19.0 Å². The number of tetrazole rings is 1. The third kappa shape index (κ3) is 4.12. The number of guanidine groups is 1. The maximum Gasteiger partial charge on any atom is 0.417 e. The number of carbonyl (C=O) groups is 1. The van der Waals surface area contributed by atoms with Gasteiger partial charge in [-0.3, -0.25) is 14.7 Å². The van der Waals surface area contributed by atoms with Crippen LogP contribution in [0, 0.1) is 0 Å². The van der Waals surface area contributed by atoms with Crippen molar-refractivity contribution in [3.63, 3.8) is 0 Å². The number of aliphatic imine (C=N–C) groups is 1. The van der Waals surface area contributed by atoms with Crippen molar-refractivity contribution in [3.8, 4) is 5.75 Å². The number of aromatic nitrogens is 5. The topological polar surface area (TPSA) is 138 Å². The Balaban J connectivity index is 2.03. The fraction of sp³-hybridized carbons (Fsp3) is 0.312. The third-order valence-corrected chi connectivity index (χ3v) is 4.01. The molecule has 2 heterocycles. The fourth-order valence-corrected chi connectivity index (χ4v) is 2.61. The van der Waals surface area contributed by atoms with Crippen molar-refractivity contribution in [2.24, 2.45) is 10.7 Å². The minimum Gasteiger partial charge on any atom is -0.483 e. The van der Waals surface area contributed by atoms with Crippen LogP contribution in [0.25, 0.3) is 10.9 Å². The Morgan fingerprint density at radius 1 is 1.38 bits per heavy atom. The lowest BCUT2D eigenvalue weighted by atomic mass is 10.1. The third-order valence-electron chi connectivity index (χ3n) is 4.01. The molecule has 3 rings (SSSR count). The Labute approximate surface area is 161 Å². The number of nitrogens with zero attached hydrogens (tertiary/aromatic N) is 5. The van der Waals surface area contributed by atoms with Crippen molar-refractivity contribution >= 4 is 22.8 Å². The molecule has 0 unspecified atom stereocenters. The van der Waals surface area contributed by atoms with Gasteiger partial charge in [-0.1, -0.05) is 5.21 Å². The Morgan fingerprint density at radius 3 is 2.76 bits per heavy atom. The first-order chi connectivity index (χ1) is 13.7. The van der Waals surface area contributed by atoms with Gasteiger partial charge in [0.15, 0.2) is 12.6 Å². The van der Waals surface area contributed by atoms with Crippen molar-refractivity contribution in [3.05, 3.63) is 35.3 Å². The van der Waals surface area contributed by atoms with Crippen molar-refractivity contribution in [1.29, 1.82) is 0 Å². The molecule has 13 heteroatoms. The van der Waals surface area contributed by atoms with Gasteiger partial charge in [0.05, 0.1) is 11.1 Å². The van der Waals surface area contributed by atoms with E-state index in [4.69, 9.17) is 10.5 Å². The second-order valence-electron chi connectivity index (χ2n) is 5.89. The van der Waals surface area contributed by atoms with Crippen LogP contribution in [0.5, 0.6) is 5.75 Å². The van der Waals surface area contributed by atoms with Crippen LogP contribution in [0.1, 0.15) is 28.8 Å². The second-order valence-corrected chi connectivity index (χ2v) is 5.89. The van der Waals surface area contributed by atoms with E-state index in [0.29, 0.717) is 6.54 Å². The average molecular weight is 410 g/mol. The average Bonchev–Trinajstić information content (AvgIpc) is 3.33. The molecule has 0 aliphatic rings. The lowest BCUT2D eigenvalue weighted by Gasteiger charge is -2.14. The summed E-state index contributed by atoms with van der Waals surface area (Å²) in [5, 5.41) is 12.8. The number of carbonyl (C=O) groups excluding carboxylic acids is 1. The summed E-state index contributed by atoms with van der Waals surface area (Å²) < 4.78 is 45.8. The molecule has 3 aromatic rings. The molecule has 2 aromatic heterocycles. The highest BCUT2D eigenvalue weighted by Gasteiger charge is 2.34. The van der Waals surface area contributed by atoms with Crippen molar-refractivity contribution in [2.75, 3.05) is 13.6 Å². The first-order valence-corrected chi connectivity index (χ1v) is 8.38. The molecule has 29 heavy (non-hydrogen) atoms. The van der Waals surface area contributed by atoms with E-state index in [9.17, 15) is 18.0 Å². The van der Waals surface area contributed by atoms with E-state index in [1.165, 1.54) is 7.05 Å². The minimum absolute atomic E-state index is 0.00562. The van der Waals surface area contributed by atoms with E-state index in [1.54, 1.807) is 6.92 Å². The van der Waals surface area contributed by atoms with Gasteiger partial charge in [0.2, 0.25) is 5.82 Å². The number of amides is 1. The Morgan fingerprint density at radius 2 is 2.14 bits per heavy atom. The van der Waals surface area contributed by atoms with E-state index in [0.717, 1.165) is 23.1 Å². The van der Waals surface area contributed by atoms with Gasteiger partial charge in [-0.05, 0) is 25.1 Å². The van der Waals surface area contributed by atoms with Gasteiger partial charge in [-0.25, -0.2) is 0 Å². The summed E-state index contributed by atoms with van der Waals surface area (Å²) in [6.45, 7) is 1.95. The lowest BCUT2D eigenvalue weighted by Crippen LogP contribution is -2.39. The number of hydrogen-bond donors (Lipinski definition) is 3. The smallest absolute Gasteiger partial charge is 0.417 e. The van der Waals surface area contributed by atoms with Crippen LogP contribution >= 0.6 is 0 Å². The van der Waals surface area contributed by atoms with Gasteiger partial charge >= 0.3 is 6.18 Å². The number of fused-ring (bicyclic) bond motifs is 1. The van der Waals surface area contributed by atoms with E-state index in [-0.39, 0.29) is 40.7 Å². The summed E-state index contributed by atoms with van der Waals surface area (Å²) >= 11 is 0. The summed E-state index contributed by atoms with van der Waals surface area (Å²) in [5.41, 5.74) is 4.70. The highest BCUT2D eigenvalue weighted by Crippen LogP contribution is 2.38. The summed E-state index contributed by atoms with van der Waals surface area (Å²) in [6, 6.07) is 3.15. The zero-order valence-electron chi connectivity index (χ0n) is 15.4. The highest BCUT2D eigenvalue weighted by atomic mass is 19.4. The number of benzene rings is 1. The van der Waals surface area contributed by atoms with Crippen LogP contribution in [0.4, 0.5) is 13.2 Å². The molecule has 0 atom stereocenters. The van der Waals surface area contributed by atoms with Gasteiger partial charge < -0.3 is 15.5 Å². The van der Waals surface area contributed by atoms with Crippen LogP contribution in [0.15, 0.2) is 23.2 Å². The molecule has 0 spiro atoms. The molecule has 1 aromatic carbocycles. The van der Waals surface area contributed by atoms with Crippen molar-refractivity contribution < 1.29 is 22.7 Å². The summed E-state index contributed by atoms with van der Waals surface area (Å²) in [5.74, 6) is -0.396. The zero-order chi connectivity index (χ0) is 21.2. The molecule has 4 N–H and O–H groups in total. The molecule has 154 valence electrons. The Bertz CT molecular complexity index is 1040. The number of rotatable bonds is 5. The Kier molecular flexibility index (Phi) is 5.39. The van der Waals surface area contributed by atoms with Gasteiger partial charge in [-0.15, -0.1) is 10.2 Å². The maximum absolute atomic E-state index is 13.4. The van der Waals surface area contributed by atoms with Crippen LogP contribution in [0.3, 0.4) is 0 Å². The molecule has 1 amide bonds. The number of nitrogens with two attached hydrogens (primary N) is 1. The number of halogens is 3. The molecule has 0 radical (unpaired) electrons. The van der Waals surface area contributed by atoms with Gasteiger partial charge in [0.1, 0.15) is 11.4 Å². The predicted molar refractivity (Wildman–Crippen MR) is 96.1 cm³/mol. The highest BCUT2D eigenvalue weighted by molar-refractivity contribution is 6.07. The first-order valence-electron chi connectivity index (χ1n) is 8.38. The van der Waals surface area contributed by atoms with E-state index in [1.807, 2.05) is 0 Å². The molecule has 0 bridgehead atoms. The fourth-order valence-electron chi connectivity index (χ4n) is 2.61. The summed E-state index contributed by atoms with van der Waals surface area (Å²) in [6.07, 6.45) is -4.62. The summed E-state index contributed by atoms with van der Waals surface area (Å²) in [7, 11) is 1.38. The number of H-pyrrole nitrogens is 2. The molecule has 0 aliphatic heterocycles. The molecule has 0 saturated carbocycles. The second kappa shape index (κ2) is 7.77. The Hall–Kier alpha value is -3.64. The minimum atomic E-state index is -4.62. The molecular weight excluding hydrogens is 393 g/mol. The molecule has 0 fully saturated rings. The number of ether oxygens (including phenoxy) is 1. The monoisotopic (exact) mass is 410 g/mol. The molecule has 0 saturated heterocycles. The van der Waals surface area contributed by atoms with Crippen LogP contribution in [0.2, 0.25) is 0 Å².